The summed E-state index contributed by atoms with van der Waals surface area (Å²) in [6.07, 6.45) is 6.53. The monoisotopic (exact) mass is 268 g/mol. The van der Waals surface area contributed by atoms with E-state index in [2.05, 4.69) is 26.4 Å². The Morgan fingerprint density at radius 3 is 2.93 bits per heavy atom. The van der Waals surface area contributed by atoms with E-state index in [1.165, 1.54) is 9.36 Å². The van der Waals surface area contributed by atoms with E-state index in [-0.39, 0.29) is 5.69 Å². The van der Waals surface area contributed by atoms with Crippen LogP contribution in [0.2, 0.25) is 0 Å². The van der Waals surface area contributed by atoms with Crippen LogP contribution < -0.4 is 5.69 Å². The molecule has 15 heavy (non-hydrogen) atoms. The first-order chi connectivity index (χ1) is 7.24. The quantitative estimate of drug-likeness (QED) is 0.765. The highest BCUT2D eigenvalue weighted by molar-refractivity contribution is 9.11. The van der Waals surface area contributed by atoms with Gasteiger partial charge in [-0.3, -0.25) is 0 Å². The molecule has 0 saturated heterocycles. The predicted octanol–water partition coefficient (Wildman–Crippen LogP) is 1.06. The molecule has 0 amide bonds. The highest BCUT2D eigenvalue weighted by atomic mass is 79.9. The summed E-state index contributed by atoms with van der Waals surface area (Å²) in [6, 6.07) is 0. The van der Waals surface area contributed by atoms with Crippen molar-refractivity contribution in [1.29, 1.82) is 0 Å². The maximum Gasteiger partial charge on any atom is 0.368 e. The Bertz CT molecular complexity index is 520. The molecule has 1 aromatic heterocycles. The van der Waals surface area contributed by atoms with Crippen LogP contribution in [0.15, 0.2) is 33.6 Å². The van der Waals surface area contributed by atoms with Gasteiger partial charge in [0.15, 0.2) is 0 Å². The zero-order valence-electron chi connectivity index (χ0n) is 8.09. The summed E-state index contributed by atoms with van der Waals surface area (Å²) >= 11 is 3.27. The van der Waals surface area contributed by atoms with Crippen molar-refractivity contribution in [2.75, 3.05) is 0 Å². The van der Waals surface area contributed by atoms with Gasteiger partial charge in [0.2, 0.25) is 0 Å². The van der Waals surface area contributed by atoms with Crippen LogP contribution in [0.3, 0.4) is 0 Å². The van der Waals surface area contributed by atoms with Gasteiger partial charge in [0.25, 0.3) is 0 Å². The van der Waals surface area contributed by atoms with Gasteiger partial charge in [0.1, 0.15) is 0 Å². The van der Waals surface area contributed by atoms with Gasteiger partial charge in [-0.15, -0.1) is 0 Å². The summed E-state index contributed by atoms with van der Waals surface area (Å²) in [4.78, 5) is 13.4. The van der Waals surface area contributed by atoms with Gasteiger partial charge in [-0.25, -0.2) is 4.79 Å². The third kappa shape index (κ3) is 1.72. The van der Waals surface area contributed by atoms with E-state index in [0.29, 0.717) is 0 Å². The zero-order valence-corrected chi connectivity index (χ0v) is 9.68. The molecule has 0 N–H and O–H groups in total. The van der Waals surface area contributed by atoms with Crippen LogP contribution >= 0.6 is 15.9 Å². The van der Waals surface area contributed by atoms with E-state index in [1.54, 1.807) is 12.0 Å². The topological polar surface area (TPSA) is 52.7 Å². The summed E-state index contributed by atoms with van der Waals surface area (Å²) in [5.74, 6) is 0. The van der Waals surface area contributed by atoms with E-state index < -0.39 is 0 Å². The lowest BCUT2D eigenvalue weighted by molar-refractivity contribution is 0.693. The van der Waals surface area contributed by atoms with Crippen LogP contribution in [0.1, 0.15) is 6.42 Å². The van der Waals surface area contributed by atoms with Crippen molar-refractivity contribution in [3.63, 3.8) is 0 Å². The maximum absolute atomic E-state index is 11.6. The first-order valence-corrected chi connectivity index (χ1v) is 5.31. The first kappa shape index (κ1) is 10.1. The average Bonchev–Trinajstić information content (AvgIpc) is 2.60. The summed E-state index contributed by atoms with van der Waals surface area (Å²) in [6.45, 7) is 0. The Balaban J connectivity index is 2.55. The van der Waals surface area contributed by atoms with Crippen LogP contribution in [0.25, 0.3) is 5.70 Å². The number of hydrogen-bond donors (Lipinski definition) is 0. The van der Waals surface area contributed by atoms with Crippen molar-refractivity contribution in [2.24, 2.45) is 7.05 Å². The molecule has 6 heteroatoms. The van der Waals surface area contributed by atoms with Crippen molar-refractivity contribution in [1.82, 2.24) is 19.8 Å². The van der Waals surface area contributed by atoms with Gasteiger partial charge in [-0.1, -0.05) is 28.1 Å². The van der Waals surface area contributed by atoms with Crippen molar-refractivity contribution >= 4 is 21.6 Å². The number of tetrazole rings is 1. The number of halogens is 1. The zero-order chi connectivity index (χ0) is 10.8. The number of hydrogen-bond acceptors (Lipinski definition) is 3. The Kier molecular flexibility index (Phi) is 2.68. The van der Waals surface area contributed by atoms with Crippen molar-refractivity contribution in [2.45, 2.75) is 6.42 Å². The van der Waals surface area contributed by atoms with Crippen molar-refractivity contribution in [3.05, 3.63) is 39.3 Å². The van der Waals surface area contributed by atoms with Crippen LogP contribution in [-0.4, -0.2) is 19.8 Å². The Hall–Kier alpha value is -1.43. The summed E-state index contributed by atoms with van der Waals surface area (Å²) in [7, 11) is 1.57. The van der Waals surface area contributed by atoms with Crippen LogP contribution in [0.4, 0.5) is 0 Å². The van der Waals surface area contributed by atoms with E-state index in [9.17, 15) is 4.79 Å². The standard InChI is InChI=1S/C9H9BrN4O/c1-13-9(15)14(12-11-13)8-5-3-2-4-7(8)6-10/h2-3,5-6H,4H2,1H3. The molecule has 0 spiro atoms. The fourth-order valence-electron chi connectivity index (χ4n) is 1.34. The first-order valence-electron chi connectivity index (χ1n) is 4.40. The molecule has 0 aromatic carbocycles. The van der Waals surface area contributed by atoms with E-state index in [0.717, 1.165) is 17.7 Å². The third-order valence-corrected chi connectivity index (χ3v) is 2.69. The second kappa shape index (κ2) is 3.98. The molecule has 0 radical (unpaired) electrons. The molecule has 0 bridgehead atoms. The number of nitrogens with zero attached hydrogens (tertiary/aromatic N) is 4. The Morgan fingerprint density at radius 2 is 2.33 bits per heavy atom. The molecular weight excluding hydrogens is 260 g/mol. The number of allylic oxidation sites excluding steroid dienone is 5. The predicted molar refractivity (Wildman–Crippen MR) is 60.3 cm³/mol. The largest absolute Gasteiger partial charge is 0.368 e. The lowest BCUT2D eigenvalue weighted by Crippen LogP contribution is -2.23. The van der Waals surface area contributed by atoms with Crippen LogP contribution in [0.5, 0.6) is 0 Å². The molecule has 0 atom stereocenters. The van der Waals surface area contributed by atoms with E-state index >= 15 is 0 Å². The van der Waals surface area contributed by atoms with Gasteiger partial charge >= 0.3 is 5.69 Å². The smallest absolute Gasteiger partial charge is 0.244 e. The normalized spacial score (nSPS) is 18.3. The number of aryl methyl sites for hydroxylation is 1. The van der Waals surface area contributed by atoms with Crippen molar-refractivity contribution < 1.29 is 0 Å². The van der Waals surface area contributed by atoms with Gasteiger partial charge < -0.3 is 0 Å². The van der Waals surface area contributed by atoms with Gasteiger partial charge in [0.05, 0.1) is 5.70 Å². The number of rotatable bonds is 1. The highest BCUT2D eigenvalue weighted by Gasteiger charge is 2.13. The minimum atomic E-state index is -0.247. The van der Waals surface area contributed by atoms with E-state index in [4.69, 9.17) is 0 Å². The Labute approximate surface area is 94.5 Å². The molecule has 0 aliphatic heterocycles. The SMILES string of the molecule is Cn1nnn(C2=CC=CCC2=CBr)c1=O. The summed E-state index contributed by atoms with van der Waals surface area (Å²) in [5.41, 5.74) is 1.51. The lowest BCUT2D eigenvalue weighted by atomic mass is 10.1. The molecule has 1 aromatic rings. The second-order valence-corrected chi connectivity index (χ2v) is 3.57. The molecule has 0 fully saturated rings. The Morgan fingerprint density at radius 1 is 1.53 bits per heavy atom. The molecule has 2 rings (SSSR count). The summed E-state index contributed by atoms with van der Waals surface area (Å²) in [5, 5.41) is 7.46. The molecule has 1 heterocycles. The molecule has 1 aliphatic carbocycles. The minimum absolute atomic E-state index is 0.247. The maximum atomic E-state index is 11.6. The average molecular weight is 269 g/mol. The van der Waals surface area contributed by atoms with Crippen LogP contribution in [-0.2, 0) is 7.05 Å². The lowest BCUT2D eigenvalue weighted by Gasteiger charge is -2.10. The van der Waals surface area contributed by atoms with Gasteiger partial charge in [0, 0.05) is 7.05 Å². The molecule has 5 nitrogen and oxygen atoms in total. The van der Waals surface area contributed by atoms with E-state index in [1.807, 2.05) is 18.2 Å². The molecule has 0 saturated carbocycles. The molecule has 0 unspecified atom stereocenters. The van der Waals surface area contributed by atoms with Crippen molar-refractivity contribution in [3.8, 4) is 0 Å². The minimum Gasteiger partial charge on any atom is -0.244 e. The molecule has 1 aliphatic rings. The molecular formula is C9H9BrN4O. The highest BCUT2D eigenvalue weighted by Crippen LogP contribution is 2.22. The fourth-order valence-corrected chi connectivity index (χ4v) is 1.76. The second-order valence-electron chi connectivity index (χ2n) is 3.12. The summed E-state index contributed by atoms with van der Waals surface area (Å²) < 4.78 is 2.49. The van der Waals surface area contributed by atoms with Crippen LogP contribution in [0, 0.1) is 0 Å². The third-order valence-electron chi connectivity index (χ3n) is 2.14. The number of aromatic nitrogens is 4. The molecule has 78 valence electrons. The fraction of sp³-hybridized carbons (Fsp3) is 0.222. The van der Waals surface area contributed by atoms with Gasteiger partial charge in [-0.05, 0) is 33.5 Å². The van der Waals surface area contributed by atoms with Gasteiger partial charge in [-0.2, -0.15) is 9.36 Å².